The summed E-state index contributed by atoms with van der Waals surface area (Å²) in [4.78, 5) is 5.28. The Morgan fingerprint density at radius 2 is 1.97 bits per heavy atom. The highest BCUT2D eigenvalue weighted by molar-refractivity contribution is 5.63. The van der Waals surface area contributed by atoms with Crippen molar-refractivity contribution in [3.63, 3.8) is 0 Å². The van der Waals surface area contributed by atoms with Crippen molar-refractivity contribution in [2.75, 3.05) is 39.8 Å². The molecule has 0 amide bonds. The van der Waals surface area contributed by atoms with E-state index in [2.05, 4.69) is 28.9 Å². The van der Waals surface area contributed by atoms with Crippen LogP contribution >= 0.6 is 0 Å². The molecule has 5 nitrogen and oxygen atoms in total. The number of benzene rings is 1. The number of rotatable bonds is 5. The van der Waals surface area contributed by atoms with Gasteiger partial charge in [0.25, 0.3) is 0 Å². The minimum Gasteiger partial charge on any atom is -0.493 e. The summed E-state index contributed by atoms with van der Waals surface area (Å²) in [5.74, 6) is 1.75. The molecule has 30 heavy (non-hydrogen) atoms. The monoisotopic (exact) mass is 412 g/mol. The van der Waals surface area contributed by atoms with Gasteiger partial charge in [-0.15, -0.1) is 0 Å². The Labute approximate surface area is 180 Å². The summed E-state index contributed by atoms with van der Waals surface area (Å²) >= 11 is 0. The van der Waals surface area contributed by atoms with Gasteiger partial charge in [-0.05, 0) is 82.5 Å². The first-order valence-corrected chi connectivity index (χ1v) is 11.8. The summed E-state index contributed by atoms with van der Waals surface area (Å²) in [7, 11) is 1.73. The number of methoxy groups -OCH3 is 1. The van der Waals surface area contributed by atoms with Crippen LogP contribution in [0.1, 0.15) is 55.2 Å². The van der Waals surface area contributed by atoms with E-state index in [1.165, 1.54) is 62.0 Å². The van der Waals surface area contributed by atoms with Crippen molar-refractivity contribution in [1.29, 1.82) is 0 Å². The van der Waals surface area contributed by atoms with Crippen molar-refractivity contribution in [1.82, 2.24) is 9.80 Å². The Balaban J connectivity index is 1.41. The highest BCUT2D eigenvalue weighted by Gasteiger charge is 2.53. The standard InChI is InChI=1S/C25H36N2O3/c1-18-15-21(29-2)24-23-20(18)17-27(13-6-12-26-10-4-3-5-11-26)14-9-25(23)8-7-19(28)16-22(25)30-24/h7-8,15,19,22,28H,3-6,9-14,16-17H2,1-2H3/t19-,22?,25?/m1/s1. The highest BCUT2D eigenvalue weighted by Crippen LogP contribution is 2.56. The average molecular weight is 413 g/mol. The molecule has 1 spiro atoms. The van der Waals surface area contributed by atoms with Gasteiger partial charge in [-0.25, -0.2) is 0 Å². The van der Waals surface area contributed by atoms with E-state index in [-0.39, 0.29) is 11.5 Å². The minimum absolute atomic E-state index is 0.00440. The molecule has 0 saturated carbocycles. The molecule has 1 fully saturated rings. The van der Waals surface area contributed by atoms with E-state index in [9.17, 15) is 5.11 Å². The number of likely N-dealkylation sites (tertiary alicyclic amines) is 1. The maximum atomic E-state index is 10.3. The molecule has 0 radical (unpaired) electrons. The van der Waals surface area contributed by atoms with E-state index in [0.717, 1.165) is 37.6 Å². The van der Waals surface area contributed by atoms with Gasteiger partial charge in [0.05, 0.1) is 18.6 Å². The summed E-state index contributed by atoms with van der Waals surface area (Å²) in [5.41, 5.74) is 3.89. The van der Waals surface area contributed by atoms with Crippen molar-refractivity contribution in [2.24, 2.45) is 0 Å². The third-order valence-corrected chi connectivity index (χ3v) is 7.79. The predicted octanol–water partition coefficient (Wildman–Crippen LogP) is 3.40. The Hall–Kier alpha value is -1.56. The fourth-order valence-corrected chi connectivity index (χ4v) is 6.12. The van der Waals surface area contributed by atoms with Crippen LogP contribution in [0.2, 0.25) is 0 Å². The van der Waals surface area contributed by atoms with Crippen LogP contribution in [0.5, 0.6) is 11.5 Å². The lowest BCUT2D eigenvalue weighted by atomic mass is 9.68. The van der Waals surface area contributed by atoms with Crippen LogP contribution in [-0.4, -0.2) is 66.9 Å². The van der Waals surface area contributed by atoms with Gasteiger partial charge in [-0.3, -0.25) is 4.90 Å². The Morgan fingerprint density at radius 1 is 1.17 bits per heavy atom. The van der Waals surface area contributed by atoms with Gasteiger partial charge in [0.2, 0.25) is 0 Å². The highest BCUT2D eigenvalue weighted by atomic mass is 16.5. The van der Waals surface area contributed by atoms with E-state index in [4.69, 9.17) is 9.47 Å². The molecule has 0 aromatic heterocycles. The van der Waals surface area contributed by atoms with Gasteiger partial charge in [0.1, 0.15) is 6.10 Å². The summed E-state index contributed by atoms with van der Waals surface area (Å²) < 4.78 is 12.2. The van der Waals surface area contributed by atoms with Crippen LogP contribution in [0.4, 0.5) is 0 Å². The third kappa shape index (κ3) is 3.45. The minimum atomic E-state index is -0.422. The molecule has 1 saturated heterocycles. The zero-order valence-electron chi connectivity index (χ0n) is 18.5. The van der Waals surface area contributed by atoms with Crippen LogP contribution in [0, 0.1) is 6.92 Å². The number of aliphatic hydroxyl groups is 1. The normalized spacial score (nSPS) is 31.0. The molecular formula is C25H36N2O3. The molecular weight excluding hydrogens is 376 g/mol. The lowest BCUT2D eigenvalue weighted by Crippen LogP contribution is -2.43. The van der Waals surface area contributed by atoms with Crippen molar-refractivity contribution in [3.05, 3.63) is 34.9 Å². The van der Waals surface area contributed by atoms with Crippen molar-refractivity contribution in [3.8, 4) is 11.5 Å². The summed E-state index contributed by atoms with van der Waals surface area (Å²) in [6.45, 7) is 9.17. The molecule has 5 heteroatoms. The Morgan fingerprint density at radius 3 is 2.77 bits per heavy atom. The fraction of sp³-hybridized carbons (Fsp3) is 0.680. The molecule has 5 rings (SSSR count). The number of piperidine rings is 1. The Kier molecular flexibility index (Phi) is 5.55. The smallest absolute Gasteiger partial charge is 0.166 e. The largest absolute Gasteiger partial charge is 0.493 e. The first-order chi connectivity index (χ1) is 14.6. The topological polar surface area (TPSA) is 45.2 Å². The molecule has 3 atom stereocenters. The molecule has 164 valence electrons. The second kappa shape index (κ2) is 8.18. The number of nitrogens with zero attached hydrogens (tertiary/aromatic N) is 2. The number of hydrogen-bond donors (Lipinski definition) is 1. The predicted molar refractivity (Wildman–Crippen MR) is 118 cm³/mol. The molecule has 1 N–H and O–H groups in total. The van der Waals surface area contributed by atoms with Crippen molar-refractivity contribution >= 4 is 0 Å². The second-order valence-electron chi connectivity index (χ2n) is 9.67. The summed E-state index contributed by atoms with van der Waals surface area (Å²) in [6.07, 6.45) is 10.9. The number of ether oxygens (including phenoxy) is 2. The van der Waals surface area contributed by atoms with E-state index in [1.807, 2.05) is 6.08 Å². The molecule has 3 aliphatic heterocycles. The molecule has 1 aromatic carbocycles. The van der Waals surface area contributed by atoms with Crippen LogP contribution in [0.3, 0.4) is 0 Å². The number of aryl methyl sites for hydroxylation is 1. The zero-order chi connectivity index (χ0) is 20.7. The van der Waals surface area contributed by atoms with Gasteiger partial charge in [0, 0.05) is 18.5 Å². The van der Waals surface area contributed by atoms with Gasteiger partial charge in [-0.1, -0.05) is 18.6 Å². The van der Waals surface area contributed by atoms with Crippen LogP contribution in [0.25, 0.3) is 0 Å². The van der Waals surface area contributed by atoms with Crippen molar-refractivity contribution in [2.45, 2.75) is 69.6 Å². The maximum absolute atomic E-state index is 10.3. The van der Waals surface area contributed by atoms with Crippen LogP contribution in [0.15, 0.2) is 18.2 Å². The fourth-order valence-electron chi connectivity index (χ4n) is 6.12. The lowest BCUT2D eigenvalue weighted by molar-refractivity contribution is 0.0807. The van der Waals surface area contributed by atoms with Gasteiger partial charge < -0.3 is 19.5 Å². The van der Waals surface area contributed by atoms with Gasteiger partial charge >= 0.3 is 0 Å². The quantitative estimate of drug-likeness (QED) is 0.751. The molecule has 3 heterocycles. The first-order valence-electron chi connectivity index (χ1n) is 11.8. The second-order valence-corrected chi connectivity index (χ2v) is 9.67. The number of hydrogen-bond acceptors (Lipinski definition) is 5. The van der Waals surface area contributed by atoms with Crippen LogP contribution < -0.4 is 9.47 Å². The van der Waals surface area contributed by atoms with Crippen molar-refractivity contribution < 1.29 is 14.6 Å². The molecule has 0 bridgehead atoms. The van der Waals surface area contributed by atoms with E-state index in [1.54, 1.807) is 7.11 Å². The molecule has 4 aliphatic rings. The SMILES string of the molecule is COc1cc(C)c2c3c1OC1C[C@H](O)C=CC31CCN(CCCN1CCCCC1)C2. The van der Waals surface area contributed by atoms with E-state index >= 15 is 0 Å². The third-order valence-electron chi connectivity index (χ3n) is 7.79. The molecule has 1 aromatic rings. The number of aliphatic hydroxyl groups excluding tert-OH is 1. The Bertz CT molecular complexity index is 817. The zero-order valence-corrected chi connectivity index (χ0v) is 18.5. The maximum Gasteiger partial charge on any atom is 0.166 e. The first kappa shape index (κ1) is 20.3. The van der Waals surface area contributed by atoms with Crippen LogP contribution in [-0.2, 0) is 12.0 Å². The summed E-state index contributed by atoms with van der Waals surface area (Å²) in [6, 6.07) is 2.14. The lowest BCUT2D eigenvalue weighted by Gasteiger charge is -2.36. The molecule has 2 unspecified atom stereocenters. The average Bonchev–Trinajstić information content (AvgIpc) is 2.98. The molecule has 1 aliphatic carbocycles. The summed E-state index contributed by atoms with van der Waals surface area (Å²) in [5, 5.41) is 10.3. The van der Waals surface area contributed by atoms with E-state index in [0.29, 0.717) is 6.42 Å². The van der Waals surface area contributed by atoms with E-state index < -0.39 is 6.10 Å². The van der Waals surface area contributed by atoms with Gasteiger partial charge in [-0.2, -0.15) is 0 Å². The van der Waals surface area contributed by atoms with Gasteiger partial charge in [0.15, 0.2) is 11.5 Å².